The summed E-state index contributed by atoms with van der Waals surface area (Å²) in [5.41, 5.74) is -0.0527. The van der Waals surface area contributed by atoms with Gasteiger partial charge in [-0.2, -0.15) is 5.10 Å². The van der Waals surface area contributed by atoms with Gasteiger partial charge < -0.3 is 0 Å². The van der Waals surface area contributed by atoms with Gasteiger partial charge in [-0.3, -0.25) is 9.48 Å². The molecule has 0 N–H and O–H groups in total. The monoisotopic (exact) mass is 110 g/mol. The highest BCUT2D eigenvalue weighted by atomic mass is 16.1. The molecule has 0 aromatic carbocycles. The van der Waals surface area contributed by atoms with Gasteiger partial charge in [0.25, 0.3) is 0 Å². The molecular formula is C5H6N2O. The van der Waals surface area contributed by atoms with Gasteiger partial charge in [0.05, 0.1) is 6.20 Å². The van der Waals surface area contributed by atoms with E-state index in [1.165, 1.54) is 12.3 Å². The van der Waals surface area contributed by atoms with Gasteiger partial charge in [0, 0.05) is 19.3 Å². The van der Waals surface area contributed by atoms with Crippen molar-refractivity contribution >= 4 is 0 Å². The molecule has 0 amide bonds. The summed E-state index contributed by atoms with van der Waals surface area (Å²) in [6.07, 6.45) is 2.89. The molecule has 0 unspecified atom stereocenters. The SMILES string of the molecule is Cn1ccc(=O)cn1. The maximum atomic E-state index is 10.3. The van der Waals surface area contributed by atoms with E-state index in [1.807, 2.05) is 0 Å². The lowest BCUT2D eigenvalue weighted by Crippen LogP contribution is -2.03. The van der Waals surface area contributed by atoms with Gasteiger partial charge in [-0.05, 0) is 0 Å². The average Bonchev–Trinajstić information content (AvgIpc) is 1.77. The van der Waals surface area contributed by atoms with E-state index in [4.69, 9.17) is 0 Å². The van der Waals surface area contributed by atoms with Crippen molar-refractivity contribution in [1.29, 1.82) is 0 Å². The molecule has 0 spiro atoms. The van der Waals surface area contributed by atoms with Crippen LogP contribution >= 0.6 is 0 Å². The Hall–Kier alpha value is -1.12. The van der Waals surface area contributed by atoms with Crippen molar-refractivity contribution in [3.05, 3.63) is 28.7 Å². The predicted molar refractivity (Wildman–Crippen MR) is 29.5 cm³/mol. The molecule has 0 atom stereocenters. The first-order valence-electron chi connectivity index (χ1n) is 2.28. The first kappa shape index (κ1) is 5.03. The molecule has 0 aliphatic carbocycles. The molecule has 42 valence electrons. The molecular weight excluding hydrogens is 104 g/mol. The second kappa shape index (κ2) is 1.78. The molecule has 0 saturated carbocycles. The molecule has 0 radical (unpaired) electrons. The number of aromatic nitrogens is 2. The summed E-state index contributed by atoms with van der Waals surface area (Å²) < 4.78 is 1.57. The molecule has 0 fully saturated rings. The van der Waals surface area contributed by atoms with Crippen LogP contribution in [0.2, 0.25) is 0 Å². The second-order valence-electron chi connectivity index (χ2n) is 1.54. The fraction of sp³-hybridized carbons (Fsp3) is 0.200. The van der Waals surface area contributed by atoms with E-state index < -0.39 is 0 Å². The van der Waals surface area contributed by atoms with Crippen LogP contribution in [0.5, 0.6) is 0 Å². The fourth-order valence-corrected chi connectivity index (χ4v) is 0.411. The van der Waals surface area contributed by atoms with E-state index >= 15 is 0 Å². The van der Waals surface area contributed by atoms with Crippen molar-refractivity contribution in [2.45, 2.75) is 0 Å². The zero-order valence-corrected chi connectivity index (χ0v) is 4.53. The third-order valence-corrected chi connectivity index (χ3v) is 0.822. The first-order chi connectivity index (χ1) is 3.79. The minimum absolute atomic E-state index is 0.0527. The Morgan fingerprint density at radius 3 is 2.88 bits per heavy atom. The Morgan fingerprint density at radius 1 is 1.75 bits per heavy atom. The molecule has 0 bridgehead atoms. The van der Waals surface area contributed by atoms with Gasteiger partial charge in [-0.15, -0.1) is 0 Å². The Labute approximate surface area is 46.6 Å². The molecule has 0 aliphatic heterocycles. The Morgan fingerprint density at radius 2 is 2.50 bits per heavy atom. The van der Waals surface area contributed by atoms with E-state index in [9.17, 15) is 4.79 Å². The number of rotatable bonds is 0. The Bertz CT molecular complexity index is 208. The molecule has 3 heteroatoms. The van der Waals surface area contributed by atoms with Crippen LogP contribution in [0.1, 0.15) is 0 Å². The van der Waals surface area contributed by atoms with Crippen LogP contribution in [-0.2, 0) is 7.05 Å². The summed E-state index contributed by atoms with van der Waals surface area (Å²) >= 11 is 0. The van der Waals surface area contributed by atoms with E-state index in [0.29, 0.717) is 0 Å². The van der Waals surface area contributed by atoms with Gasteiger partial charge in [0.15, 0.2) is 5.43 Å². The lowest BCUT2D eigenvalue weighted by Gasteiger charge is -1.88. The number of aryl methyl sites for hydroxylation is 1. The van der Waals surface area contributed by atoms with Crippen molar-refractivity contribution in [3.63, 3.8) is 0 Å². The third kappa shape index (κ3) is 0.932. The van der Waals surface area contributed by atoms with Crippen LogP contribution in [0, 0.1) is 0 Å². The lowest BCUT2D eigenvalue weighted by atomic mass is 10.6. The van der Waals surface area contributed by atoms with Crippen LogP contribution in [0.25, 0.3) is 0 Å². The highest BCUT2D eigenvalue weighted by Crippen LogP contribution is 1.66. The van der Waals surface area contributed by atoms with Crippen molar-refractivity contribution in [3.8, 4) is 0 Å². The topological polar surface area (TPSA) is 34.9 Å². The summed E-state index contributed by atoms with van der Waals surface area (Å²) in [5, 5.41) is 3.68. The van der Waals surface area contributed by atoms with Gasteiger partial charge in [-0.1, -0.05) is 0 Å². The predicted octanol–water partition coefficient (Wildman–Crippen LogP) is -0.220. The molecule has 3 nitrogen and oxygen atoms in total. The van der Waals surface area contributed by atoms with Gasteiger partial charge in [0.1, 0.15) is 0 Å². The van der Waals surface area contributed by atoms with E-state index in [-0.39, 0.29) is 5.43 Å². The Kier molecular flexibility index (Phi) is 1.12. The van der Waals surface area contributed by atoms with Gasteiger partial charge in [0.2, 0.25) is 0 Å². The van der Waals surface area contributed by atoms with Crippen LogP contribution in [0.3, 0.4) is 0 Å². The summed E-state index contributed by atoms with van der Waals surface area (Å²) in [4.78, 5) is 10.3. The van der Waals surface area contributed by atoms with Gasteiger partial charge >= 0.3 is 0 Å². The summed E-state index contributed by atoms with van der Waals surface area (Å²) in [6, 6.07) is 1.47. The zero-order valence-electron chi connectivity index (χ0n) is 4.53. The van der Waals surface area contributed by atoms with E-state index in [0.717, 1.165) is 0 Å². The normalized spacial score (nSPS) is 9.12. The highest BCUT2D eigenvalue weighted by Gasteiger charge is 1.77. The summed E-state index contributed by atoms with van der Waals surface area (Å²) in [6.45, 7) is 0. The molecule has 0 aliphatic rings. The van der Waals surface area contributed by atoms with Gasteiger partial charge in [-0.25, -0.2) is 0 Å². The quantitative estimate of drug-likeness (QED) is 0.462. The zero-order chi connectivity index (χ0) is 5.98. The average molecular weight is 110 g/mol. The van der Waals surface area contributed by atoms with Crippen molar-refractivity contribution in [2.24, 2.45) is 7.05 Å². The lowest BCUT2D eigenvalue weighted by molar-refractivity contribution is 0.734. The molecule has 1 heterocycles. The van der Waals surface area contributed by atoms with Crippen LogP contribution < -0.4 is 5.43 Å². The molecule has 1 aromatic heterocycles. The first-order valence-corrected chi connectivity index (χ1v) is 2.28. The minimum atomic E-state index is -0.0527. The number of nitrogens with zero attached hydrogens (tertiary/aromatic N) is 2. The molecule has 1 rings (SSSR count). The number of hydrogen-bond donors (Lipinski definition) is 0. The maximum absolute atomic E-state index is 10.3. The van der Waals surface area contributed by atoms with Crippen LogP contribution in [0.15, 0.2) is 23.3 Å². The molecule has 0 saturated heterocycles. The van der Waals surface area contributed by atoms with E-state index in [1.54, 1.807) is 17.9 Å². The van der Waals surface area contributed by atoms with Crippen LogP contribution in [-0.4, -0.2) is 9.78 Å². The standard InChI is InChI=1S/C5H6N2O/c1-7-3-2-5(8)4-6-7/h2-4H,1H3. The maximum Gasteiger partial charge on any atom is 0.200 e. The highest BCUT2D eigenvalue weighted by molar-refractivity contribution is 4.84. The third-order valence-electron chi connectivity index (χ3n) is 0.822. The van der Waals surface area contributed by atoms with E-state index in [2.05, 4.69) is 5.10 Å². The van der Waals surface area contributed by atoms with Crippen molar-refractivity contribution in [1.82, 2.24) is 9.78 Å². The largest absolute Gasteiger partial charge is 0.288 e. The number of hydrogen-bond acceptors (Lipinski definition) is 2. The minimum Gasteiger partial charge on any atom is -0.288 e. The fourth-order valence-electron chi connectivity index (χ4n) is 0.411. The smallest absolute Gasteiger partial charge is 0.200 e. The summed E-state index contributed by atoms with van der Waals surface area (Å²) in [5.74, 6) is 0. The van der Waals surface area contributed by atoms with Crippen LogP contribution in [0.4, 0.5) is 0 Å². The second-order valence-corrected chi connectivity index (χ2v) is 1.54. The molecule has 8 heavy (non-hydrogen) atoms. The Balaban J connectivity index is 3.22. The summed E-state index contributed by atoms with van der Waals surface area (Å²) in [7, 11) is 1.76. The van der Waals surface area contributed by atoms with Crippen molar-refractivity contribution < 1.29 is 0 Å². The van der Waals surface area contributed by atoms with Crippen molar-refractivity contribution in [2.75, 3.05) is 0 Å². The molecule has 1 aromatic rings.